The highest BCUT2D eigenvalue weighted by atomic mass is 16.5. The van der Waals surface area contributed by atoms with Crippen LogP contribution in [0, 0.1) is 0 Å². The van der Waals surface area contributed by atoms with Crippen molar-refractivity contribution in [3.05, 3.63) is 18.0 Å². The van der Waals surface area contributed by atoms with Gasteiger partial charge in [0.05, 0.1) is 18.4 Å². The summed E-state index contributed by atoms with van der Waals surface area (Å²) in [5.74, 6) is 0. The molecule has 1 fully saturated rings. The average molecular weight is 223 g/mol. The van der Waals surface area contributed by atoms with E-state index in [1.165, 1.54) is 5.56 Å². The fourth-order valence-corrected chi connectivity index (χ4v) is 2.20. The standard InChI is InChI=1S/C12H21N3O/c1-9(2)15-6-10(3)16-12(8-15)11-5-13-14(4)7-11/h5,7,9-10,12H,6,8H2,1-4H3. The Kier molecular flexibility index (Phi) is 3.30. The number of aryl methyl sites for hydroxylation is 1. The van der Waals surface area contributed by atoms with Gasteiger partial charge in [-0.05, 0) is 20.8 Å². The van der Waals surface area contributed by atoms with Crippen LogP contribution in [0.4, 0.5) is 0 Å². The van der Waals surface area contributed by atoms with Gasteiger partial charge in [0.15, 0.2) is 0 Å². The van der Waals surface area contributed by atoms with Crippen molar-refractivity contribution in [1.82, 2.24) is 14.7 Å². The fourth-order valence-electron chi connectivity index (χ4n) is 2.20. The number of morpholine rings is 1. The molecule has 90 valence electrons. The molecule has 0 aliphatic carbocycles. The zero-order valence-corrected chi connectivity index (χ0v) is 10.6. The predicted molar refractivity (Wildman–Crippen MR) is 63.2 cm³/mol. The van der Waals surface area contributed by atoms with E-state index in [9.17, 15) is 0 Å². The van der Waals surface area contributed by atoms with Gasteiger partial charge in [-0.3, -0.25) is 9.58 Å². The summed E-state index contributed by atoms with van der Waals surface area (Å²) in [5, 5.41) is 4.20. The fraction of sp³-hybridized carbons (Fsp3) is 0.750. The molecule has 1 saturated heterocycles. The largest absolute Gasteiger partial charge is 0.368 e. The Bertz CT molecular complexity index is 348. The number of rotatable bonds is 2. The molecule has 16 heavy (non-hydrogen) atoms. The van der Waals surface area contributed by atoms with Gasteiger partial charge in [-0.2, -0.15) is 5.10 Å². The molecule has 2 rings (SSSR count). The molecule has 4 nitrogen and oxygen atoms in total. The van der Waals surface area contributed by atoms with Crippen molar-refractivity contribution in [2.45, 2.75) is 39.0 Å². The molecule has 0 amide bonds. The third-order valence-electron chi connectivity index (χ3n) is 3.12. The number of ether oxygens (including phenoxy) is 1. The van der Waals surface area contributed by atoms with Crippen molar-refractivity contribution in [3.8, 4) is 0 Å². The second kappa shape index (κ2) is 4.55. The van der Waals surface area contributed by atoms with Crippen LogP contribution >= 0.6 is 0 Å². The van der Waals surface area contributed by atoms with E-state index in [2.05, 4.69) is 30.8 Å². The molecule has 1 aromatic heterocycles. The van der Waals surface area contributed by atoms with Crippen LogP contribution in [0.3, 0.4) is 0 Å². The topological polar surface area (TPSA) is 30.3 Å². The molecule has 0 saturated carbocycles. The van der Waals surface area contributed by atoms with Crippen molar-refractivity contribution in [2.75, 3.05) is 13.1 Å². The first kappa shape index (κ1) is 11.6. The number of hydrogen-bond donors (Lipinski definition) is 0. The lowest BCUT2D eigenvalue weighted by molar-refractivity contribution is -0.0871. The average Bonchev–Trinajstić information content (AvgIpc) is 2.64. The Morgan fingerprint density at radius 2 is 2.19 bits per heavy atom. The minimum absolute atomic E-state index is 0.167. The quantitative estimate of drug-likeness (QED) is 0.762. The van der Waals surface area contributed by atoms with Crippen LogP contribution in [-0.4, -0.2) is 39.9 Å². The summed E-state index contributed by atoms with van der Waals surface area (Å²) in [4.78, 5) is 2.46. The van der Waals surface area contributed by atoms with E-state index in [0.29, 0.717) is 12.1 Å². The van der Waals surface area contributed by atoms with Crippen LogP contribution in [0.2, 0.25) is 0 Å². The first-order valence-electron chi connectivity index (χ1n) is 5.94. The summed E-state index contributed by atoms with van der Waals surface area (Å²) >= 11 is 0. The van der Waals surface area contributed by atoms with Crippen LogP contribution in [0.5, 0.6) is 0 Å². The van der Waals surface area contributed by atoms with E-state index in [1.807, 2.05) is 24.1 Å². The third kappa shape index (κ3) is 2.44. The molecular formula is C12H21N3O. The summed E-state index contributed by atoms with van der Waals surface area (Å²) in [6.45, 7) is 8.59. The normalized spacial score (nSPS) is 27.6. The lowest BCUT2D eigenvalue weighted by atomic mass is 10.1. The third-order valence-corrected chi connectivity index (χ3v) is 3.12. The minimum atomic E-state index is 0.167. The van der Waals surface area contributed by atoms with Crippen molar-refractivity contribution in [3.63, 3.8) is 0 Å². The van der Waals surface area contributed by atoms with Crippen LogP contribution < -0.4 is 0 Å². The number of nitrogens with zero attached hydrogens (tertiary/aromatic N) is 3. The number of hydrogen-bond acceptors (Lipinski definition) is 3. The van der Waals surface area contributed by atoms with Crippen molar-refractivity contribution >= 4 is 0 Å². The molecule has 0 spiro atoms. The molecule has 0 aromatic carbocycles. The Morgan fingerprint density at radius 3 is 2.75 bits per heavy atom. The van der Waals surface area contributed by atoms with E-state index in [4.69, 9.17) is 4.74 Å². The highest BCUT2D eigenvalue weighted by Crippen LogP contribution is 2.25. The van der Waals surface area contributed by atoms with Gasteiger partial charge in [0.1, 0.15) is 0 Å². The highest BCUT2D eigenvalue weighted by Gasteiger charge is 2.28. The minimum Gasteiger partial charge on any atom is -0.368 e. The van der Waals surface area contributed by atoms with Gasteiger partial charge >= 0.3 is 0 Å². The molecular weight excluding hydrogens is 202 g/mol. The summed E-state index contributed by atoms with van der Waals surface area (Å²) in [6, 6.07) is 0.575. The van der Waals surface area contributed by atoms with Gasteiger partial charge in [-0.15, -0.1) is 0 Å². The molecule has 0 radical (unpaired) electrons. The maximum absolute atomic E-state index is 5.97. The van der Waals surface area contributed by atoms with E-state index < -0.39 is 0 Å². The van der Waals surface area contributed by atoms with Gasteiger partial charge in [-0.25, -0.2) is 0 Å². The van der Waals surface area contributed by atoms with Crippen LogP contribution in [-0.2, 0) is 11.8 Å². The Labute approximate surface area is 97.2 Å². The summed E-state index contributed by atoms with van der Waals surface area (Å²) < 4.78 is 7.80. The van der Waals surface area contributed by atoms with E-state index >= 15 is 0 Å². The van der Waals surface area contributed by atoms with Crippen LogP contribution in [0.1, 0.15) is 32.4 Å². The van der Waals surface area contributed by atoms with Crippen molar-refractivity contribution in [2.24, 2.45) is 7.05 Å². The first-order valence-corrected chi connectivity index (χ1v) is 5.94. The van der Waals surface area contributed by atoms with Crippen LogP contribution in [0.25, 0.3) is 0 Å². The Morgan fingerprint density at radius 1 is 1.44 bits per heavy atom. The highest BCUT2D eigenvalue weighted by molar-refractivity contribution is 5.10. The van der Waals surface area contributed by atoms with E-state index in [-0.39, 0.29) is 6.10 Å². The Hall–Kier alpha value is -0.870. The maximum Gasteiger partial charge on any atom is 0.0986 e. The van der Waals surface area contributed by atoms with Gasteiger partial charge in [0.25, 0.3) is 0 Å². The van der Waals surface area contributed by atoms with Gasteiger partial charge in [0, 0.05) is 37.9 Å². The molecule has 2 unspecified atom stereocenters. The van der Waals surface area contributed by atoms with Crippen molar-refractivity contribution < 1.29 is 4.74 Å². The van der Waals surface area contributed by atoms with Gasteiger partial charge in [-0.1, -0.05) is 0 Å². The lowest BCUT2D eigenvalue weighted by Crippen LogP contribution is -2.45. The summed E-state index contributed by atoms with van der Waals surface area (Å²) in [7, 11) is 1.94. The van der Waals surface area contributed by atoms with E-state index in [1.54, 1.807) is 0 Å². The smallest absolute Gasteiger partial charge is 0.0986 e. The molecule has 1 aliphatic heterocycles. The molecule has 0 bridgehead atoms. The predicted octanol–water partition coefficient (Wildman–Crippen LogP) is 1.59. The zero-order valence-electron chi connectivity index (χ0n) is 10.6. The Balaban J connectivity index is 2.10. The maximum atomic E-state index is 5.97. The van der Waals surface area contributed by atoms with Gasteiger partial charge in [0.2, 0.25) is 0 Å². The number of aromatic nitrogens is 2. The summed E-state index contributed by atoms with van der Waals surface area (Å²) in [5.41, 5.74) is 1.18. The molecule has 1 aliphatic rings. The second-order valence-electron chi connectivity index (χ2n) is 4.93. The van der Waals surface area contributed by atoms with Crippen LogP contribution in [0.15, 0.2) is 12.4 Å². The molecule has 4 heteroatoms. The summed E-state index contributed by atoms with van der Waals surface area (Å²) in [6.07, 6.45) is 4.41. The van der Waals surface area contributed by atoms with Crippen molar-refractivity contribution in [1.29, 1.82) is 0 Å². The van der Waals surface area contributed by atoms with E-state index in [0.717, 1.165) is 13.1 Å². The second-order valence-corrected chi connectivity index (χ2v) is 4.93. The lowest BCUT2D eigenvalue weighted by Gasteiger charge is -2.38. The monoisotopic (exact) mass is 223 g/mol. The first-order chi connectivity index (χ1) is 7.56. The molecule has 2 atom stereocenters. The molecule has 1 aromatic rings. The SMILES string of the molecule is CC1CN(C(C)C)CC(c2cnn(C)c2)O1. The van der Waals surface area contributed by atoms with Gasteiger partial charge < -0.3 is 4.74 Å². The molecule has 2 heterocycles. The molecule has 0 N–H and O–H groups in total. The zero-order chi connectivity index (χ0) is 11.7.